The lowest BCUT2D eigenvalue weighted by atomic mass is 9.77. The van der Waals surface area contributed by atoms with E-state index in [1.807, 2.05) is 31.2 Å². The van der Waals surface area contributed by atoms with Crippen LogP contribution in [0.5, 0.6) is 0 Å². The molecule has 0 saturated heterocycles. The minimum atomic E-state index is -0.181. The molecule has 2 aromatic carbocycles. The van der Waals surface area contributed by atoms with Crippen LogP contribution in [0.1, 0.15) is 40.2 Å². The number of aromatic nitrogens is 3. The van der Waals surface area contributed by atoms with E-state index in [9.17, 15) is 4.79 Å². The number of fused-ring (bicyclic) bond motifs is 1. The van der Waals surface area contributed by atoms with Gasteiger partial charge in [0.2, 0.25) is 0 Å². The molecule has 4 rings (SSSR count). The molecule has 1 aromatic heterocycles. The summed E-state index contributed by atoms with van der Waals surface area (Å²) in [6.45, 7) is 2.60. The molecule has 0 bridgehead atoms. The first-order chi connectivity index (χ1) is 12.7. The second-order valence-electron chi connectivity index (χ2n) is 6.44. The van der Waals surface area contributed by atoms with E-state index in [0.29, 0.717) is 29.6 Å². The summed E-state index contributed by atoms with van der Waals surface area (Å²) in [7, 11) is 0. The van der Waals surface area contributed by atoms with E-state index >= 15 is 0 Å². The van der Waals surface area contributed by atoms with Crippen molar-refractivity contribution in [2.75, 3.05) is 6.54 Å². The summed E-state index contributed by atoms with van der Waals surface area (Å²) in [4.78, 5) is 12.6. The first kappa shape index (κ1) is 16.8. The van der Waals surface area contributed by atoms with Gasteiger partial charge in [0.25, 0.3) is 5.91 Å². The number of nitrogens with zero attached hydrogens (tertiary/aromatic N) is 3. The highest BCUT2D eigenvalue weighted by Crippen LogP contribution is 2.34. The molecule has 1 amide bonds. The van der Waals surface area contributed by atoms with Crippen molar-refractivity contribution >= 4 is 17.5 Å². The molecule has 1 aliphatic carbocycles. The molecule has 6 heteroatoms. The lowest BCUT2D eigenvalue weighted by Gasteiger charge is -2.30. The summed E-state index contributed by atoms with van der Waals surface area (Å²) in [5.41, 5.74) is 4.65. The summed E-state index contributed by atoms with van der Waals surface area (Å²) in [5.74, 6) is 0.197. The highest BCUT2D eigenvalue weighted by atomic mass is 35.5. The van der Waals surface area contributed by atoms with Crippen molar-refractivity contribution in [1.29, 1.82) is 0 Å². The zero-order valence-electron chi connectivity index (χ0n) is 14.4. The van der Waals surface area contributed by atoms with E-state index in [-0.39, 0.29) is 5.91 Å². The van der Waals surface area contributed by atoms with E-state index < -0.39 is 0 Å². The third-order valence-corrected chi connectivity index (χ3v) is 5.07. The van der Waals surface area contributed by atoms with E-state index in [0.717, 1.165) is 17.8 Å². The van der Waals surface area contributed by atoms with Gasteiger partial charge in [-0.1, -0.05) is 54.1 Å². The van der Waals surface area contributed by atoms with Crippen molar-refractivity contribution in [2.24, 2.45) is 0 Å². The fourth-order valence-corrected chi connectivity index (χ4v) is 3.64. The highest BCUT2D eigenvalue weighted by molar-refractivity contribution is 6.30. The Morgan fingerprint density at radius 3 is 2.88 bits per heavy atom. The lowest BCUT2D eigenvalue weighted by Crippen LogP contribution is -2.33. The van der Waals surface area contributed by atoms with Crippen LogP contribution in [0, 0.1) is 0 Å². The van der Waals surface area contributed by atoms with Crippen molar-refractivity contribution in [2.45, 2.75) is 25.7 Å². The van der Waals surface area contributed by atoms with Crippen LogP contribution in [0.15, 0.2) is 48.5 Å². The second-order valence-corrected chi connectivity index (χ2v) is 6.88. The summed E-state index contributed by atoms with van der Waals surface area (Å²) in [5, 5.41) is 11.9. The minimum Gasteiger partial charge on any atom is -0.350 e. The van der Waals surface area contributed by atoms with Gasteiger partial charge in [-0.3, -0.25) is 4.79 Å². The van der Waals surface area contributed by atoms with Crippen molar-refractivity contribution < 1.29 is 4.79 Å². The van der Waals surface area contributed by atoms with Gasteiger partial charge in [-0.05, 0) is 42.2 Å². The molecule has 0 aliphatic heterocycles. The summed E-state index contributed by atoms with van der Waals surface area (Å²) < 4.78 is 1.68. The standard InChI is InChI=1S/C20H19ClN4O/c1-2-18-19(23-24-25(18)16-8-5-7-15(21)11-16)20(26)22-12-14-10-13-6-3-4-9-17(13)14/h3-9,11,14H,2,10,12H2,1H3,(H,22,26)/t14-/m0/s1. The van der Waals surface area contributed by atoms with Crippen LogP contribution >= 0.6 is 11.6 Å². The molecule has 5 nitrogen and oxygen atoms in total. The first-order valence-electron chi connectivity index (χ1n) is 8.74. The minimum absolute atomic E-state index is 0.181. The van der Waals surface area contributed by atoms with Crippen LogP contribution in [0.3, 0.4) is 0 Å². The summed E-state index contributed by atoms with van der Waals surface area (Å²) >= 11 is 6.07. The van der Waals surface area contributed by atoms with E-state index in [1.165, 1.54) is 11.1 Å². The maximum atomic E-state index is 12.6. The molecule has 1 atom stereocenters. The Bertz CT molecular complexity index is 966. The van der Waals surface area contributed by atoms with Crippen LogP contribution in [0.25, 0.3) is 5.69 Å². The van der Waals surface area contributed by atoms with Crippen molar-refractivity contribution in [3.63, 3.8) is 0 Å². The average Bonchev–Trinajstić information content (AvgIpc) is 3.06. The Hall–Kier alpha value is -2.66. The zero-order chi connectivity index (χ0) is 18.1. The molecular formula is C20H19ClN4O. The third-order valence-electron chi connectivity index (χ3n) is 4.84. The monoisotopic (exact) mass is 366 g/mol. The molecule has 0 radical (unpaired) electrons. The molecular weight excluding hydrogens is 348 g/mol. The second kappa shape index (κ2) is 6.92. The van der Waals surface area contributed by atoms with Crippen molar-refractivity contribution in [1.82, 2.24) is 20.3 Å². The Morgan fingerprint density at radius 2 is 2.12 bits per heavy atom. The molecule has 0 saturated carbocycles. The lowest BCUT2D eigenvalue weighted by molar-refractivity contribution is 0.0944. The predicted molar refractivity (Wildman–Crippen MR) is 101 cm³/mol. The van der Waals surface area contributed by atoms with Crippen LogP contribution in [0.4, 0.5) is 0 Å². The van der Waals surface area contributed by atoms with Gasteiger partial charge in [0.1, 0.15) is 0 Å². The molecule has 0 unspecified atom stereocenters. The van der Waals surface area contributed by atoms with Gasteiger partial charge in [-0.2, -0.15) is 0 Å². The maximum Gasteiger partial charge on any atom is 0.273 e. The quantitative estimate of drug-likeness (QED) is 0.751. The van der Waals surface area contributed by atoms with Crippen LogP contribution in [0.2, 0.25) is 5.02 Å². The van der Waals surface area contributed by atoms with Crippen molar-refractivity contribution in [3.8, 4) is 5.69 Å². The van der Waals surface area contributed by atoms with Gasteiger partial charge >= 0.3 is 0 Å². The molecule has 1 aliphatic rings. The molecule has 3 aromatic rings. The van der Waals surface area contributed by atoms with Gasteiger partial charge in [-0.25, -0.2) is 4.68 Å². The fraction of sp³-hybridized carbons (Fsp3) is 0.250. The molecule has 1 N–H and O–H groups in total. The Morgan fingerprint density at radius 1 is 1.27 bits per heavy atom. The van der Waals surface area contributed by atoms with Crippen LogP contribution < -0.4 is 5.32 Å². The topological polar surface area (TPSA) is 59.8 Å². The van der Waals surface area contributed by atoms with E-state index in [1.54, 1.807) is 10.7 Å². The number of benzene rings is 2. The average molecular weight is 367 g/mol. The Labute approximate surface area is 157 Å². The predicted octanol–water partition coefficient (Wildman–Crippen LogP) is 3.55. The number of amides is 1. The number of halogens is 1. The number of nitrogens with one attached hydrogen (secondary N) is 1. The SMILES string of the molecule is CCc1c(C(=O)NC[C@@H]2Cc3ccccc32)nnn1-c1cccc(Cl)c1. The van der Waals surface area contributed by atoms with Gasteiger partial charge in [0.15, 0.2) is 5.69 Å². The van der Waals surface area contributed by atoms with Crippen LogP contribution in [-0.4, -0.2) is 27.4 Å². The normalized spacial score (nSPS) is 15.2. The number of hydrogen-bond donors (Lipinski definition) is 1. The Balaban J connectivity index is 1.50. The zero-order valence-corrected chi connectivity index (χ0v) is 15.2. The van der Waals surface area contributed by atoms with E-state index in [2.05, 4.69) is 33.8 Å². The van der Waals surface area contributed by atoms with E-state index in [4.69, 9.17) is 11.6 Å². The van der Waals surface area contributed by atoms with Gasteiger partial charge in [-0.15, -0.1) is 5.10 Å². The molecule has 132 valence electrons. The van der Waals surface area contributed by atoms with Crippen LogP contribution in [-0.2, 0) is 12.8 Å². The molecule has 1 heterocycles. The summed E-state index contributed by atoms with van der Waals surface area (Å²) in [6, 6.07) is 15.7. The smallest absolute Gasteiger partial charge is 0.273 e. The molecule has 26 heavy (non-hydrogen) atoms. The highest BCUT2D eigenvalue weighted by Gasteiger charge is 2.27. The third kappa shape index (κ3) is 2.99. The number of carbonyl (C=O) groups is 1. The molecule has 0 fully saturated rings. The number of rotatable bonds is 5. The van der Waals surface area contributed by atoms with Gasteiger partial charge in [0, 0.05) is 17.5 Å². The maximum absolute atomic E-state index is 12.6. The van der Waals surface area contributed by atoms with Gasteiger partial charge < -0.3 is 5.32 Å². The first-order valence-corrected chi connectivity index (χ1v) is 9.11. The number of hydrogen-bond acceptors (Lipinski definition) is 3. The largest absolute Gasteiger partial charge is 0.350 e. The van der Waals surface area contributed by atoms with Gasteiger partial charge in [0.05, 0.1) is 11.4 Å². The molecule has 0 spiro atoms. The summed E-state index contributed by atoms with van der Waals surface area (Å²) in [6.07, 6.45) is 1.65. The van der Waals surface area contributed by atoms with Crippen molar-refractivity contribution in [3.05, 3.63) is 76.1 Å². The fourth-order valence-electron chi connectivity index (χ4n) is 3.45. The number of carbonyl (C=O) groups excluding carboxylic acids is 1. The Kier molecular flexibility index (Phi) is 4.47.